The van der Waals surface area contributed by atoms with E-state index in [1.165, 1.54) is 19.3 Å². The molecule has 0 radical (unpaired) electrons. The fourth-order valence-electron chi connectivity index (χ4n) is 2.61. The summed E-state index contributed by atoms with van der Waals surface area (Å²) in [4.78, 5) is 0. The molecule has 0 bridgehead atoms. The van der Waals surface area contributed by atoms with Crippen molar-refractivity contribution in [2.24, 2.45) is 0 Å². The number of rotatable bonds is 2. The van der Waals surface area contributed by atoms with Gasteiger partial charge in [-0.1, -0.05) is 13.3 Å². The summed E-state index contributed by atoms with van der Waals surface area (Å²) in [5.74, 6) is 0. The molecule has 1 aliphatic heterocycles. The van der Waals surface area contributed by atoms with Crippen LogP contribution in [-0.2, 0) is 4.74 Å². The summed E-state index contributed by atoms with van der Waals surface area (Å²) in [6.45, 7) is 2.96. The van der Waals surface area contributed by atoms with Gasteiger partial charge in [-0.15, -0.1) is 0 Å². The van der Waals surface area contributed by atoms with E-state index in [1.54, 1.807) is 0 Å². The maximum absolute atomic E-state index is 9.39. The first-order valence-electron chi connectivity index (χ1n) is 5.78. The van der Waals surface area contributed by atoms with Gasteiger partial charge in [0.2, 0.25) is 0 Å². The highest BCUT2D eigenvalue weighted by molar-refractivity contribution is 5.00. The van der Waals surface area contributed by atoms with Crippen LogP contribution in [0.25, 0.3) is 0 Å². The maximum atomic E-state index is 9.39. The molecule has 3 nitrogen and oxygen atoms in total. The smallest absolute Gasteiger partial charge is 0.119 e. The highest BCUT2D eigenvalue weighted by Gasteiger charge is 2.47. The average molecular weight is 199 g/mol. The lowest BCUT2D eigenvalue weighted by Crippen LogP contribution is -2.54. The fraction of sp³-hybridized carbons (Fsp3) is 1.00. The van der Waals surface area contributed by atoms with Gasteiger partial charge in [-0.05, 0) is 32.1 Å². The lowest BCUT2D eigenvalue weighted by atomic mass is 9.90. The molecular formula is C11H21NO2. The van der Waals surface area contributed by atoms with Crippen molar-refractivity contribution in [2.75, 3.05) is 13.2 Å². The molecule has 2 fully saturated rings. The molecule has 1 atom stereocenters. The van der Waals surface area contributed by atoms with Crippen molar-refractivity contribution in [1.82, 2.24) is 5.32 Å². The van der Waals surface area contributed by atoms with Crippen LogP contribution in [0.1, 0.15) is 45.4 Å². The molecule has 0 aromatic heterocycles. The van der Waals surface area contributed by atoms with Gasteiger partial charge in [0.15, 0.2) is 0 Å². The molecule has 1 unspecified atom stereocenters. The van der Waals surface area contributed by atoms with Gasteiger partial charge in [0, 0.05) is 0 Å². The van der Waals surface area contributed by atoms with Crippen molar-refractivity contribution in [2.45, 2.75) is 56.7 Å². The number of hydrogen-bond donors (Lipinski definition) is 2. The van der Waals surface area contributed by atoms with Crippen LogP contribution in [0.3, 0.4) is 0 Å². The topological polar surface area (TPSA) is 41.5 Å². The minimum absolute atomic E-state index is 0.100. The Balaban J connectivity index is 2.04. The Kier molecular flexibility index (Phi) is 2.82. The summed E-state index contributed by atoms with van der Waals surface area (Å²) in [7, 11) is 0. The Morgan fingerprint density at radius 3 is 2.50 bits per heavy atom. The average Bonchev–Trinajstić information content (AvgIpc) is 2.60. The molecule has 82 valence electrons. The van der Waals surface area contributed by atoms with Crippen molar-refractivity contribution in [3.8, 4) is 0 Å². The van der Waals surface area contributed by atoms with Crippen molar-refractivity contribution in [3.05, 3.63) is 0 Å². The van der Waals surface area contributed by atoms with Gasteiger partial charge in [0.25, 0.3) is 0 Å². The van der Waals surface area contributed by atoms with E-state index < -0.39 is 0 Å². The van der Waals surface area contributed by atoms with Gasteiger partial charge >= 0.3 is 0 Å². The maximum Gasteiger partial charge on any atom is 0.119 e. The Morgan fingerprint density at radius 2 is 2.00 bits per heavy atom. The van der Waals surface area contributed by atoms with Gasteiger partial charge in [-0.2, -0.15) is 0 Å². The van der Waals surface area contributed by atoms with Crippen LogP contribution in [0.5, 0.6) is 0 Å². The molecule has 1 spiro atoms. The molecule has 2 aliphatic rings. The highest BCUT2D eigenvalue weighted by Crippen LogP contribution is 2.36. The van der Waals surface area contributed by atoms with Gasteiger partial charge in [-0.3, -0.25) is 5.32 Å². The predicted molar refractivity (Wildman–Crippen MR) is 55.0 cm³/mol. The van der Waals surface area contributed by atoms with E-state index in [-0.39, 0.29) is 17.9 Å². The third kappa shape index (κ3) is 1.69. The molecule has 2 rings (SSSR count). The molecule has 1 saturated heterocycles. The first-order valence-corrected chi connectivity index (χ1v) is 5.78. The van der Waals surface area contributed by atoms with Crippen LogP contribution in [0, 0.1) is 0 Å². The zero-order valence-electron chi connectivity index (χ0n) is 9.01. The monoisotopic (exact) mass is 199 g/mol. The zero-order chi connectivity index (χ0) is 10.1. The van der Waals surface area contributed by atoms with Crippen LogP contribution < -0.4 is 5.32 Å². The first kappa shape index (κ1) is 10.4. The van der Waals surface area contributed by atoms with Crippen LogP contribution in [-0.4, -0.2) is 29.6 Å². The SMILES string of the molecule is CCC1(CO)COC2(CCCCC2)N1. The number of ether oxygens (including phenoxy) is 1. The second-order valence-corrected chi connectivity index (χ2v) is 4.76. The summed E-state index contributed by atoms with van der Waals surface area (Å²) < 4.78 is 5.91. The molecular weight excluding hydrogens is 178 g/mol. The molecule has 14 heavy (non-hydrogen) atoms. The standard InChI is InChI=1S/C11H21NO2/c1-2-10(8-13)9-14-11(12-10)6-4-3-5-7-11/h12-13H,2-9H2,1H3. The first-order chi connectivity index (χ1) is 6.74. The second kappa shape index (κ2) is 3.80. The molecule has 1 aliphatic carbocycles. The largest absolute Gasteiger partial charge is 0.394 e. The zero-order valence-corrected chi connectivity index (χ0v) is 9.01. The van der Waals surface area contributed by atoms with Gasteiger partial charge in [0.05, 0.1) is 18.8 Å². The van der Waals surface area contributed by atoms with E-state index in [0.717, 1.165) is 19.3 Å². The summed E-state index contributed by atoms with van der Waals surface area (Å²) in [6, 6.07) is 0. The van der Waals surface area contributed by atoms with Crippen molar-refractivity contribution in [3.63, 3.8) is 0 Å². The van der Waals surface area contributed by atoms with Gasteiger partial charge < -0.3 is 9.84 Å². The van der Waals surface area contributed by atoms with E-state index in [2.05, 4.69) is 12.2 Å². The lowest BCUT2D eigenvalue weighted by Gasteiger charge is -2.35. The molecule has 0 amide bonds. The number of aliphatic hydroxyl groups excluding tert-OH is 1. The summed E-state index contributed by atoms with van der Waals surface area (Å²) in [5.41, 5.74) is -0.270. The summed E-state index contributed by atoms with van der Waals surface area (Å²) in [5, 5.41) is 12.9. The quantitative estimate of drug-likeness (QED) is 0.706. The fourth-order valence-corrected chi connectivity index (χ4v) is 2.61. The minimum Gasteiger partial charge on any atom is -0.394 e. The molecule has 0 aromatic carbocycles. The van der Waals surface area contributed by atoms with Crippen molar-refractivity contribution >= 4 is 0 Å². The minimum atomic E-state index is -0.169. The normalized spacial score (nSPS) is 36.4. The summed E-state index contributed by atoms with van der Waals surface area (Å²) in [6.07, 6.45) is 6.97. The third-order valence-corrected chi connectivity index (χ3v) is 3.76. The van der Waals surface area contributed by atoms with E-state index in [1.807, 2.05) is 0 Å². The molecule has 1 heterocycles. The second-order valence-electron chi connectivity index (χ2n) is 4.76. The molecule has 1 saturated carbocycles. The van der Waals surface area contributed by atoms with Crippen LogP contribution in [0.2, 0.25) is 0 Å². The van der Waals surface area contributed by atoms with Crippen LogP contribution >= 0.6 is 0 Å². The molecule has 0 aromatic rings. The molecule has 2 N–H and O–H groups in total. The van der Waals surface area contributed by atoms with Gasteiger partial charge in [0.1, 0.15) is 5.72 Å². The summed E-state index contributed by atoms with van der Waals surface area (Å²) >= 11 is 0. The highest BCUT2D eigenvalue weighted by atomic mass is 16.5. The van der Waals surface area contributed by atoms with Crippen molar-refractivity contribution < 1.29 is 9.84 Å². The number of hydrogen-bond acceptors (Lipinski definition) is 3. The Bertz CT molecular complexity index is 195. The van der Waals surface area contributed by atoms with Crippen LogP contribution in [0.15, 0.2) is 0 Å². The third-order valence-electron chi connectivity index (χ3n) is 3.76. The van der Waals surface area contributed by atoms with E-state index in [0.29, 0.717) is 6.61 Å². The number of nitrogens with one attached hydrogen (secondary N) is 1. The van der Waals surface area contributed by atoms with Gasteiger partial charge in [-0.25, -0.2) is 0 Å². The predicted octanol–water partition coefficient (Wildman–Crippen LogP) is 1.41. The van der Waals surface area contributed by atoms with Crippen molar-refractivity contribution in [1.29, 1.82) is 0 Å². The van der Waals surface area contributed by atoms with E-state index in [9.17, 15) is 5.11 Å². The van der Waals surface area contributed by atoms with E-state index in [4.69, 9.17) is 4.74 Å². The molecule has 3 heteroatoms. The Hall–Kier alpha value is -0.120. The number of aliphatic hydroxyl groups is 1. The Morgan fingerprint density at radius 1 is 1.29 bits per heavy atom. The Labute approximate surface area is 85.8 Å². The van der Waals surface area contributed by atoms with Crippen LogP contribution in [0.4, 0.5) is 0 Å². The van der Waals surface area contributed by atoms with E-state index >= 15 is 0 Å². The lowest BCUT2D eigenvalue weighted by molar-refractivity contribution is -0.0384.